The Bertz CT molecular complexity index is 1640. The van der Waals surface area contributed by atoms with Gasteiger partial charge in [-0.25, -0.2) is 9.59 Å². The second-order valence-electron chi connectivity index (χ2n) is 11.6. The highest BCUT2D eigenvalue weighted by Crippen LogP contribution is 2.52. The van der Waals surface area contributed by atoms with Crippen LogP contribution in [0.3, 0.4) is 0 Å². The maximum absolute atomic E-state index is 13.5. The molecule has 248 valence electrons. The Kier molecular flexibility index (Phi) is 9.91. The fourth-order valence-corrected chi connectivity index (χ4v) is 7.48. The lowest BCUT2D eigenvalue weighted by atomic mass is 9.79. The molecule has 2 amide bonds. The molecular formula is C31H33N5O10S. The molecule has 15 nitrogen and oxygen atoms in total. The van der Waals surface area contributed by atoms with Gasteiger partial charge in [-0.2, -0.15) is 4.99 Å². The molecule has 16 heteroatoms. The third kappa shape index (κ3) is 7.12. The average Bonchev–Trinajstić information content (AvgIpc) is 3.60. The monoisotopic (exact) mass is 667 g/mol. The quantitative estimate of drug-likeness (QED) is 0.0950. The summed E-state index contributed by atoms with van der Waals surface area (Å²) in [5.74, 6) is -1.48. The molecule has 2 saturated heterocycles. The van der Waals surface area contributed by atoms with E-state index in [9.17, 15) is 39.7 Å². The highest BCUT2D eigenvalue weighted by atomic mass is 32.2. The Labute approximate surface area is 273 Å². The number of amidine groups is 1. The van der Waals surface area contributed by atoms with Crippen LogP contribution >= 0.6 is 11.8 Å². The van der Waals surface area contributed by atoms with Crippen LogP contribution in [0.1, 0.15) is 38.3 Å². The minimum atomic E-state index is -0.895. The van der Waals surface area contributed by atoms with Crippen molar-refractivity contribution in [2.45, 2.75) is 57.8 Å². The Morgan fingerprint density at radius 2 is 1.57 bits per heavy atom. The van der Waals surface area contributed by atoms with Crippen molar-refractivity contribution in [3.8, 4) is 0 Å². The van der Waals surface area contributed by atoms with E-state index >= 15 is 0 Å². The van der Waals surface area contributed by atoms with Crippen molar-refractivity contribution in [3.63, 3.8) is 0 Å². The van der Waals surface area contributed by atoms with Gasteiger partial charge in [0.1, 0.15) is 24.7 Å². The summed E-state index contributed by atoms with van der Waals surface area (Å²) in [6.07, 6.45) is -0.988. The zero-order chi connectivity index (χ0) is 34.0. The average molecular weight is 668 g/mol. The van der Waals surface area contributed by atoms with Crippen LogP contribution in [0.4, 0.5) is 16.2 Å². The van der Waals surface area contributed by atoms with E-state index in [2.05, 4.69) is 4.99 Å². The molecule has 3 heterocycles. The van der Waals surface area contributed by atoms with E-state index < -0.39 is 40.0 Å². The predicted octanol–water partition coefficient (Wildman–Crippen LogP) is 4.18. The smallest absolute Gasteiger partial charge is 0.435 e. The van der Waals surface area contributed by atoms with E-state index in [-0.39, 0.29) is 47.4 Å². The number of nitrogens with zero attached hydrogens (tertiary/aromatic N) is 5. The minimum absolute atomic E-state index is 0.00926. The number of aliphatic hydroxyl groups excluding tert-OH is 1. The van der Waals surface area contributed by atoms with Gasteiger partial charge in [0.2, 0.25) is 5.91 Å². The standard InChI is InChI=1S/C31H33N5O10S/c1-17-26-25(18(2)37)29(38)34(26)27(30(39)45-15-20-4-8-22(9-5-20)35(41)42)28(17)47-24-12-13-33(14-24)19(3)32-31(40)46-16-21-6-10-23(11-7-21)36(43)44/h4-11,17-18,24-26,37H,12-16H2,1-3H3/t17-,18+,24-,25+,26-/m0/s1. The molecule has 0 radical (unpaired) electrons. The number of aliphatic imine (C=N–C) groups is 1. The number of amides is 2. The van der Waals surface area contributed by atoms with Gasteiger partial charge in [0.05, 0.1) is 27.9 Å². The summed E-state index contributed by atoms with van der Waals surface area (Å²) in [5.41, 5.74) is 1.12. The number of non-ortho nitro benzene ring substituents is 2. The van der Waals surface area contributed by atoms with Crippen molar-refractivity contribution < 1.29 is 38.8 Å². The summed E-state index contributed by atoms with van der Waals surface area (Å²) < 4.78 is 10.8. The summed E-state index contributed by atoms with van der Waals surface area (Å²) in [5, 5.41) is 32.1. The highest BCUT2D eigenvalue weighted by molar-refractivity contribution is 8.03. The highest BCUT2D eigenvalue weighted by Gasteiger charge is 2.60. The number of esters is 1. The number of hydrogen-bond donors (Lipinski definition) is 1. The van der Waals surface area contributed by atoms with E-state index in [0.29, 0.717) is 41.4 Å². The number of aliphatic hydroxyl groups is 1. The first-order valence-electron chi connectivity index (χ1n) is 14.9. The van der Waals surface area contributed by atoms with Crippen LogP contribution in [-0.4, -0.2) is 79.0 Å². The van der Waals surface area contributed by atoms with Gasteiger partial charge in [0, 0.05) is 53.4 Å². The van der Waals surface area contributed by atoms with Crippen LogP contribution in [0.5, 0.6) is 0 Å². The van der Waals surface area contributed by atoms with E-state index in [0.717, 1.165) is 0 Å². The van der Waals surface area contributed by atoms with Crippen LogP contribution in [0, 0.1) is 32.1 Å². The van der Waals surface area contributed by atoms with Gasteiger partial charge in [-0.1, -0.05) is 6.92 Å². The summed E-state index contributed by atoms with van der Waals surface area (Å²) >= 11 is 1.47. The number of benzene rings is 2. The van der Waals surface area contributed by atoms with Crippen LogP contribution < -0.4 is 0 Å². The Morgan fingerprint density at radius 1 is 1.02 bits per heavy atom. The molecule has 0 saturated carbocycles. The van der Waals surface area contributed by atoms with Crippen LogP contribution in [-0.2, 0) is 32.3 Å². The lowest BCUT2D eigenvalue weighted by Gasteiger charge is -2.46. The molecule has 5 rings (SSSR count). The fourth-order valence-electron chi connectivity index (χ4n) is 5.99. The number of rotatable bonds is 10. The summed E-state index contributed by atoms with van der Waals surface area (Å²) in [4.78, 5) is 67.8. The SMILES string of the molecule is CC(=NC(=O)OCc1ccc([N+](=O)[O-])cc1)N1CC[C@H](SC2=C(C(=O)OCc3ccc([N+](=O)[O-])cc3)N3C(=O)[C@H]([C@@H](C)O)[C@@H]3[C@@H]2C)C1. The first-order valence-corrected chi connectivity index (χ1v) is 15.8. The van der Waals surface area contributed by atoms with Crippen molar-refractivity contribution in [1.29, 1.82) is 0 Å². The molecule has 0 spiro atoms. The predicted molar refractivity (Wildman–Crippen MR) is 169 cm³/mol. The molecule has 2 fully saturated rings. The van der Waals surface area contributed by atoms with Crippen molar-refractivity contribution >= 4 is 46.9 Å². The Balaban J connectivity index is 1.24. The largest absolute Gasteiger partial charge is 0.456 e. The molecule has 2 aromatic carbocycles. The summed E-state index contributed by atoms with van der Waals surface area (Å²) in [7, 11) is 0. The molecule has 3 aliphatic rings. The van der Waals surface area contributed by atoms with Crippen LogP contribution in [0.2, 0.25) is 0 Å². The van der Waals surface area contributed by atoms with E-state index in [1.165, 1.54) is 65.2 Å². The van der Waals surface area contributed by atoms with Crippen molar-refractivity contribution in [2.24, 2.45) is 16.8 Å². The maximum Gasteiger partial charge on any atom is 0.435 e. The number of nitro benzene ring substituents is 2. The van der Waals surface area contributed by atoms with Gasteiger partial charge >= 0.3 is 12.1 Å². The number of likely N-dealkylation sites (tertiary alicyclic amines) is 1. The lowest BCUT2D eigenvalue weighted by Crippen LogP contribution is -2.63. The molecule has 5 atom stereocenters. The first kappa shape index (κ1) is 33.5. The normalized spacial score (nSPS) is 22.9. The van der Waals surface area contributed by atoms with Gasteiger partial charge in [0.25, 0.3) is 11.4 Å². The topological polar surface area (TPSA) is 195 Å². The van der Waals surface area contributed by atoms with E-state index in [4.69, 9.17) is 9.47 Å². The Hall–Kier alpha value is -4.83. The fraction of sp³-hybridized carbons (Fsp3) is 0.419. The first-order chi connectivity index (χ1) is 22.3. The van der Waals surface area contributed by atoms with Gasteiger partial charge in [-0.3, -0.25) is 25.0 Å². The van der Waals surface area contributed by atoms with E-state index in [1.807, 2.05) is 11.8 Å². The van der Waals surface area contributed by atoms with Crippen LogP contribution in [0.25, 0.3) is 0 Å². The maximum atomic E-state index is 13.5. The Morgan fingerprint density at radius 3 is 2.11 bits per heavy atom. The lowest BCUT2D eigenvalue weighted by molar-refractivity contribution is -0.385. The number of carbonyl (C=O) groups excluding carboxylic acids is 3. The number of ether oxygens (including phenoxy) is 2. The number of nitro groups is 2. The zero-order valence-electron chi connectivity index (χ0n) is 25.8. The van der Waals surface area contributed by atoms with Crippen LogP contribution in [0.15, 0.2) is 64.1 Å². The second-order valence-corrected chi connectivity index (χ2v) is 12.9. The van der Waals surface area contributed by atoms with E-state index in [1.54, 1.807) is 13.8 Å². The molecule has 2 aromatic rings. The molecule has 0 bridgehead atoms. The number of hydrogen-bond acceptors (Lipinski definition) is 11. The van der Waals surface area contributed by atoms with Crippen molar-refractivity contribution in [1.82, 2.24) is 9.80 Å². The summed E-state index contributed by atoms with van der Waals surface area (Å²) in [6.45, 7) is 6.02. The van der Waals surface area contributed by atoms with Gasteiger partial charge < -0.3 is 24.4 Å². The van der Waals surface area contributed by atoms with Crippen molar-refractivity contribution in [2.75, 3.05) is 13.1 Å². The van der Waals surface area contributed by atoms with Gasteiger partial charge in [-0.15, -0.1) is 11.8 Å². The molecular weight excluding hydrogens is 634 g/mol. The molecule has 0 aromatic heterocycles. The zero-order valence-corrected chi connectivity index (χ0v) is 26.6. The number of β-lactam (4-membered cyclic amide) rings is 1. The molecule has 3 aliphatic heterocycles. The second kappa shape index (κ2) is 13.9. The number of carbonyl (C=O) groups is 3. The third-order valence-electron chi connectivity index (χ3n) is 8.48. The molecule has 0 aliphatic carbocycles. The molecule has 47 heavy (non-hydrogen) atoms. The number of fused-ring (bicyclic) bond motifs is 1. The van der Waals surface area contributed by atoms with Crippen molar-refractivity contribution in [3.05, 3.63) is 90.5 Å². The molecule has 1 N–H and O–H groups in total. The summed E-state index contributed by atoms with van der Waals surface area (Å²) in [6, 6.07) is 10.9. The number of thioether (sulfide) groups is 1. The molecule has 0 unspecified atom stereocenters. The van der Waals surface area contributed by atoms with Gasteiger partial charge in [0.15, 0.2) is 0 Å². The minimum Gasteiger partial charge on any atom is -0.456 e. The van der Waals surface area contributed by atoms with Gasteiger partial charge in [-0.05, 0) is 55.7 Å². The third-order valence-corrected chi connectivity index (χ3v) is 10.0.